The highest BCUT2D eigenvalue weighted by atomic mass is 19.1. The van der Waals surface area contributed by atoms with Gasteiger partial charge in [0.15, 0.2) is 5.78 Å². The molecule has 2 fully saturated rings. The highest BCUT2D eigenvalue weighted by Gasteiger charge is 2.63. The van der Waals surface area contributed by atoms with Gasteiger partial charge in [0.25, 0.3) is 0 Å². The average molecular weight is 510 g/mol. The van der Waals surface area contributed by atoms with E-state index in [4.69, 9.17) is 23.4 Å². The molecule has 0 N–H and O–H groups in total. The van der Waals surface area contributed by atoms with Crippen LogP contribution in [0.15, 0.2) is 41.7 Å². The molecule has 10 heteroatoms. The summed E-state index contributed by atoms with van der Waals surface area (Å²) < 4.78 is 45.9. The lowest BCUT2D eigenvalue weighted by atomic mass is 9.66. The highest BCUT2D eigenvalue weighted by Crippen LogP contribution is 2.51. The first-order valence-electron chi connectivity index (χ1n) is 12.6. The van der Waals surface area contributed by atoms with E-state index in [1.54, 1.807) is 25.1 Å². The van der Waals surface area contributed by atoms with Crippen LogP contribution in [0.25, 0.3) is 0 Å². The van der Waals surface area contributed by atoms with Gasteiger partial charge in [-0.2, -0.15) is 0 Å². The first-order chi connectivity index (χ1) is 17.0. The number of allylic oxidation sites excluding steroid dienone is 4. The van der Waals surface area contributed by atoms with Crippen molar-refractivity contribution >= 4 is 31.5 Å². The summed E-state index contributed by atoms with van der Waals surface area (Å²) in [6.45, 7) is 13.4. The molecule has 3 heterocycles. The van der Waals surface area contributed by atoms with Crippen molar-refractivity contribution in [2.45, 2.75) is 83.7 Å². The number of hydrogen-bond donors (Lipinski definition) is 0. The highest BCUT2D eigenvalue weighted by molar-refractivity contribution is 6.62. The summed E-state index contributed by atoms with van der Waals surface area (Å²) in [6, 6.07) is 4.75. The van der Waals surface area contributed by atoms with Crippen molar-refractivity contribution in [3.8, 4) is 0 Å². The van der Waals surface area contributed by atoms with Gasteiger partial charge < -0.3 is 23.4 Å². The summed E-state index contributed by atoms with van der Waals surface area (Å²) >= 11 is 0. The molecule has 196 valence electrons. The SMILES string of the molecule is COC(=O)c1cc2cc(c1)C(=O)C1(C)C=C(C=C(F)C1)B1OC(C)(C)C(C)(CC3(C)OB2OC3(C)C)O1. The van der Waals surface area contributed by atoms with E-state index in [0.717, 1.165) is 0 Å². The minimum Gasteiger partial charge on any atom is -0.465 e. The van der Waals surface area contributed by atoms with Crippen LogP contribution in [-0.4, -0.2) is 55.5 Å². The lowest BCUT2D eigenvalue weighted by Crippen LogP contribution is -2.55. The third-order valence-electron chi connectivity index (χ3n) is 8.81. The molecular weight excluding hydrogens is 477 g/mol. The number of carbonyl (C=O) groups excluding carboxylic acids is 2. The predicted octanol–water partition coefficient (Wildman–Crippen LogP) is 4.14. The summed E-state index contributed by atoms with van der Waals surface area (Å²) in [5.74, 6) is -1.39. The Hall–Kier alpha value is -2.26. The van der Waals surface area contributed by atoms with Crippen molar-refractivity contribution in [1.82, 2.24) is 0 Å². The molecule has 3 atom stereocenters. The summed E-state index contributed by atoms with van der Waals surface area (Å²) in [4.78, 5) is 26.5. The first kappa shape index (κ1) is 26.4. The molecule has 5 rings (SSSR count). The smallest absolute Gasteiger partial charge is 0.465 e. The lowest BCUT2D eigenvalue weighted by Gasteiger charge is -2.45. The second-order valence-corrected chi connectivity index (χ2v) is 12.3. The number of methoxy groups -OCH3 is 1. The van der Waals surface area contributed by atoms with Crippen LogP contribution in [0.5, 0.6) is 0 Å². The van der Waals surface area contributed by atoms with Gasteiger partial charge in [-0.05, 0) is 77.6 Å². The monoisotopic (exact) mass is 510 g/mol. The van der Waals surface area contributed by atoms with Crippen LogP contribution < -0.4 is 5.46 Å². The number of rotatable bonds is 1. The summed E-state index contributed by atoms with van der Waals surface area (Å²) in [6.07, 6.45) is 3.41. The molecule has 0 radical (unpaired) electrons. The molecule has 1 aromatic rings. The summed E-state index contributed by atoms with van der Waals surface area (Å²) in [7, 11) is -0.449. The molecule has 0 amide bonds. The Morgan fingerprint density at radius 1 is 0.919 bits per heavy atom. The van der Waals surface area contributed by atoms with Crippen molar-refractivity contribution < 1.29 is 37.3 Å². The molecule has 1 aliphatic carbocycles. The van der Waals surface area contributed by atoms with Gasteiger partial charge in [0.2, 0.25) is 0 Å². The maximum absolute atomic E-state index is 15.1. The number of carbonyl (C=O) groups is 2. The van der Waals surface area contributed by atoms with Crippen LogP contribution >= 0.6 is 0 Å². The van der Waals surface area contributed by atoms with Crippen LogP contribution in [0.2, 0.25) is 0 Å². The van der Waals surface area contributed by atoms with Gasteiger partial charge in [-0.25, -0.2) is 9.18 Å². The van der Waals surface area contributed by atoms with Gasteiger partial charge in [-0.3, -0.25) is 4.79 Å². The number of halogens is 1. The number of fused-ring (bicyclic) bond motifs is 9. The van der Waals surface area contributed by atoms with E-state index in [0.29, 0.717) is 17.4 Å². The fraction of sp³-hybridized carbons (Fsp3) is 0.556. The number of ether oxygens (including phenoxy) is 1. The van der Waals surface area contributed by atoms with E-state index in [2.05, 4.69) is 0 Å². The number of ketones is 1. The van der Waals surface area contributed by atoms with Crippen molar-refractivity contribution in [2.24, 2.45) is 5.41 Å². The fourth-order valence-electron chi connectivity index (χ4n) is 5.82. The Morgan fingerprint density at radius 3 is 2.14 bits per heavy atom. The normalized spacial score (nSPS) is 34.0. The van der Waals surface area contributed by atoms with E-state index < -0.39 is 53.9 Å². The molecule has 3 unspecified atom stereocenters. The third kappa shape index (κ3) is 4.04. The minimum absolute atomic E-state index is 0.123. The van der Waals surface area contributed by atoms with E-state index in [9.17, 15) is 9.59 Å². The Bertz CT molecular complexity index is 1260. The van der Waals surface area contributed by atoms with Crippen LogP contribution in [0.3, 0.4) is 0 Å². The fourth-order valence-corrected chi connectivity index (χ4v) is 5.82. The molecule has 0 aromatic heterocycles. The van der Waals surface area contributed by atoms with Crippen LogP contribution in [0.4, 0.5) is 4.39 Å². The van der Waals surface area contributed by atoms with E-state index in [1.807, 2.05) is 41.5 Å². The standard InChI is InChI=1S/C27H33B2FO7/c1-23(2)26(6)15-27(7)24(3,4)35-29(37-27)19-12-20(30)14-25(5,13-19)21(31)16-9-17(22(32)33-8)11-18(10-16)28(34-23)36-26/h9-13H,14-15H2,1-8H3. The van der Waals surface area contributed by atoms with Crippen molar-refractivity contribution in [3.05, 3.63) is 52.8 Å². The Balaban J connectivity index is 1.74. The van der Waals surface area contributed by atoms with Crippen molar-refractivity contribution in [1.29, 1.82) is 0 Å². The number of benzene rings is 1. The zero-order chi connectivity index (χ0) is 27.2. The van der Waals surface area contributed by atoms with Crippen molar-refractivity contribution in [3.63, 3.8) is 0 Å². The van der Waals surface area contributed by atoms with Gasteiger partial charge in [0, 0.05) is 18.4 Å². The van der Waals surface area contributed by atoms with E-state index in [-0.39, 0.29) is 23.3 Å². The number of Topliss-reactive ketones (excluding diaryl/α,β-unsaturated/α-hetero) is 1. The molecule has 3 aliphatic heterocycles. The second-order valence-electron chi connectivity index (χ2n) is 12.3. The van der Waals surface area contributed by atoms with Gasteiger partial charge in [-0.1, -0.05) is 12.1 Å². The molecule has 37 heavy (non-hydrogen) atoms. The van der Waals surface area contributed by atoms with E-state index >= 15 is 4.39 Å². The van der Waals surface area contributed by atoms with Crippen molar-refractivity contribution in [2.75, 3.05) is 7.11 Å². The number of esters is 1. The molecular formula is C27H33B2FO7. The third-order valence-corrected chi connectivity index (χ3v) is 8.81. The Labute approximate surface area is 218 Å². The molecule has 0 spiro atoms. The maximum atomic E-state index is 15.1. The zero-order valence-corrected chi connectivity index (χ0v) is 22.7. The molecule has 1 aromatic carbocycles. The topological polar surface area (TPSA) is 80.3 Å². The molecule has 2 saturated heterocycles. The molecule has 4 aliphatic rings. The lowest BCUT2D eigenvalue weighted by molar-refractivity contribution is -0.0967. The van der Waals surface area contributed by atoms with Gasteiger partial charge >= 0.3 is 20.2 Å². The number of hydrogen-bond acceptors (Lipinski definition) is 7. The average Bonchev–Trinajstić information content (AvgIpc) is 3.18. The van der Waals surface area contributed by atoms with Gasteiger partial charge in [0.05, 0.1) is 40.5 Å². The second kappa shape index (κ2) is 8.12. The zero-order valence-electron chi connectivity index (χ0n) is 22.7. The quantitative estimate of drug-likeness (QED) is 0.415. The Morgan fingerprint density at radius 2 is 1.51 bits per heavy atom. The minimum atomic E-state index is -1.23. The van der Waals surface area contributed by atoms with Gasteiger partial charge in [0.1, 0.15) is 5.83 Å². The predicted molar refractivity (Wildman–Crippen MR) is 137 cm³/mol. The Kier molecular flexibility index (Phi) is 5.78. The maximum Gasteiger partial charge on any atom is 0.494 e. The largest absolute Gasteiger partial charge is 0.494 e. The summed E-state index contributed by atoms with van der Waals surface area (Å²) in [5.41, 5.74) is -3.07. The molecule has 0 saturated carbocycles. The first-order valence-corrected chi connectivity index (χ1v) is 12.6. The summed E-state index contributed by atoms with van der Waals surface area (Å²) in [5, 5.41) is 0. The van der Waals surface area contributed by atoms with E-state index in [1.165, 1.54) is 19.3 Å². The van der Waals surface area contributed by atoms with Crippen LogP contribution in [0.1, 0.15) is 82.0 Å². The molecule has 7 nitrogen and oxygen atoms in total. The molecule has 8 bridgehead atoms. The van der Waals surface area contributed by atoms with Crippen LogP contribution in [-0.2, 0) is 23.4 Å². The van der Waals surface area contributed by atoms with Crippen LogP contribution in [0, 0.1) is 5.41 Å². The van der Waals surface area contributed by atoms with Gasteiger partial charge in [-0.15, -0.1) is 0 Å².